The molecule has 34 heavy (non-hydrogen) atoms. The lowest BCUT2D eigenvalue weighted by atomic mass is 10.1. The van der Waals surface area contributed by atoms with Crippen LogP contribution >= 0.6 is 0 Å². The molecule has 1 aliphatic heterocycles. The van der Waals surface area contributed by atoms with Gasteiger partial charge < -0.3 is 24.3 Å². The summed E-state index contributed by atoms with van der Waals surface area (Å²) in [6.45, 7) is -0.307. The van der Waals surface area contributed by atoms with Crippen LogP contribution in [0.5, 0.6) is 23.1 Å². The molecule has 0 amide bonds. The van der Waals surface area contributed by atoms with Gasteiger partial charge in [0.05, 0.1) is 12.7 Å². The second kappa shape index (κ2) is 9.05. The highest BCUT2D eigenvalue weighted by atomic mass is 19.1. The Kier molecular flexibility index (Phi) is 5.79. The smallest absolute Gasteiger partial charge is 0.200 e. The quantitative estimate of drug-likeness (QED) is 0.403. The lowest BCUT2D eigenvalue weighted by Gasteiger charge is -2.19. The highest BCUT2D eigenvalue weighted by Crippen LogP contribution is 2.40. The Bertz CT molecular complexity index is 1360. The summed E-state index contributed by atoms with van der Waals surface area (Å²) in [5.74, 6) is -0.325. The molecule has 0 saturated heterocycles. The highest BCUT2D eigenvalue weighted by molar-refractivity contribution is 5.82. The largest absolute Gasteiger partial charge is 0.488 e. The maximum Gasteiger partial charge on any atom is 0.200 e. The summed E-state index contributed by atoms with van der Waals surface area (Å²) < 4.78 is 66.3. The van der Waals surface area contributed by atoms with Crippen LogP contribution in [0.4, 0.5) is 24.7 Å². The molecular formula is C24H20F3N3O4. The molecular weight excluding hydrogens is 450 g/mol. The molecule has 5 rings (SSSR count). The van der Waals surface area contributed by atoms with E-state index in [4.69, 9.17) is 18.9 Å². The van der Waals surface area contributed by atoms with E-state index in [-0.39, 0.29) is 23.9 Å². The Morgan fingerprint density at radius 2 is 1.88 bits per heavy atom. The van der Waals surface area contributed by atoms with Crippen LogP contribution in [-0.2, 0) is 0 Å². The number of ether oxygens (including phenoxy) is 4. The number of alkyl halides is 1. The summed E-state index contributed by atoms with van der Waals surface area (Å²) in [4.78, 5) is 4.47. The summed E-state index contributed by atoms with van der Waals surface area (Å²) in [6.07, 6.45) is 0. The zero-order chi connectivity index (χ0) is 23.7. The van der Waals surface area contributed by atoms with Gasteiger partial charge in [-0.1, -0.05) is 6.07 Å². The highest BCUT2D eigenvalue weighted by Gasteiger charge is 2.25. The van der Waals surface area contributed by atoms with E-state index in [1.807, 2.05) is 0 Å². The summed E-state index contributed by atoms with van der Waals surface area (Å²) in [7, 11) is 1.48. The Balaban J connectivity index is 1.69. The zero-order valence-corrected chi connectivity index (χ0v) is 18.1. The summed E-state index contributed by atoms with van der Waals surface area (Å²) >= 11 is 0. The fourth-order valence-electron chi connectivity index (χ4n) is 3.78. The van der Waals surface area contributed by atoms with Crippen molar-refractivity contribution < 1.29 is 32.1 Å². The van der Waals surface area contributed by atoms with Crippen molar-refractivity contribution in [3.05, 3.63) is 60.2 Å². The second-order valence-electron chi connectivity index (χ2n) is 7.33. The molecule has 0 spiro atoms. The molecule has 0 radical (unpaired) electrons. The number of benzene rings is 2. The molecule has 0 fully saturated rings. The van der Waals surface area contributed by atoms with Gasteiger partial charge in [0.2, 0.25) is 5.88 Å². The second-order valence-corrected chi connectivity index (χ2v) is 7.33. The molecule has 0 aliphatic carbocycles. The van der Waals surface area contributed by atoms with Gasteiger partial charge in [-0.2, -0.15) is 0 Å². The van der Waals surface area contributed by atoms with Crippen molar-refractivity contribution in [2.75, 3.05) is 38.9 Å². The van der Waals surface area contributed by atoms with Crippen LogP contribution in [0.1, 0.15) is 0 Å². The predicted octanol–water partition coefficient (Wildman–Crippen LogP) is 5.15. The van der Waals surface area contributed by atoms with Crippen molar-refractivity contribution in [2.24, 2.45) is 0 Å². The molecule has 2 aromatic carbocycles. The summed E-state index contributed by atoms with van der Waals surface area (Å²) in [5, 5.41) is 3.19. The maximum absolute atomic E-state index is 15.4. The van der Waals surface area contributed by atoms with Crippen LogP contribution in [0.3, 0.4) is 0 Å². The monoisotopic (exact) mass is 470 g/mol. The topological polar surface area (TPSA) is 66.2 Å². The number of nitrogens with zero attached hydrogens (tertiary/aromatic N) is 2. The number of hydrogen-bond donors (Lipinski definition) is 1. The first-order valence-corrected chi connectivity index (χ1v) is 10.5. The number of anilines is 2. The van der Waals surface area contributed by atoms with Gasteiger partial charge >= 0.3 is 0 Å². The molecule has 0 atom stereocenters. The summed E-state index contributed by atoms with van der Waals surface area (Å²) in [5.41, 5.74) is 0.536. The minimum absolute atomic E-state index is 0.0138. The van der Waals surface area contributed by atoms with E-state index in [1.165, 1.54) is 7.11 Å². The fourth-order valence-corrected chi connectivity index (χ4v) is 3.78. The standard InChI is InChI=1S/C24H20F3N3O4/c1-31-20-4-2-3-19-29-23(21-15(26)6-8-17(22(21)27)32-10-9-25)24(30(19)20)28-14-5-7-16-18(13-14)34-12-11-33-16/h2-8,13,28H,9-12H2,1H3/i25-1. The predicted molar refractivity (Wildman–Crippen MR) is 119 cm³/mol. The number of fused-ring (bicyclic) bond motifs is 2. The number of pyridine rings is 1. The first kappa shape index (κ1) is 21.7. The van der Waals surface area contributed by atoms with E-state index in [0.29, 0.717) is 41.9 Å². The molecule has 10 heteroatoms. The van der Waals surface area contributed by atoms with Crippen LogP contribution in [0.2, 0.25) is 0 Å². The molecule has 4 aromatic rings. The number of aromatic nitrogens is 2. The van der Waals surface area contributed by atoms with Crippen molar-refractivity contribution in [1.29, 1.82) is 0 Å². The fraction of sp³-hybridized carbons (Fsp3) is 0.208. The SMILES string of the molecule is COc1cccc2nc(-c3c(F)ccc(OCC[18F])c3F)c(Nc3ccc4c(c3)OCCO4)n12. The lowest BCUT2D eigenvalue weighted by molar-refractivity contribution is 0.171. The number of nitrogens with one attached hydrogen (secondary N) is 1. The molecule has 7 nitrogen and oxygen atoms in total. The first-order valence-electron chi connectivity index (χ1n) is 10.5. The van der Waals surface area contributed by atoms with E-state index in [2.05, 4.69) is 10.3 Å². The van der Waals surface area contributed by atoms with E-state index in [9.17, 15) is 8.78 Å². The number of hydrogen-bond acceptors (Lipinski definition) is 6. The number of rotatable bonds is 7. The van der Waals surface area contributed by atoms with E-state index in [1.54, 1.807) is 40.8 Å². The Labute approximate surface area is 192 Å². The third-order valence-corrected chi connectivity index (χ3v) is 5.25. The Morgan fingerprint density at radius 1 is 1.06 bits per heavy atom. The van der Waals surface area contributed by atoms with E-state index < -0.39 is 23.9 Å². The van der Waals surface area contributed by atoms with E-state index in [0.717, 1.165) is 12.1 Å². The van der Waals surface area contributed by atoms with Gasteiger partial charge in [0.1, 0.15) is 49.5 Å². The van der Waals surface area contributed by atoms with Crippen LogP contribution in [0, 0.1) is 11.6 Å². The van der Waals surface area contributed by atoms with E-state index >= 15 is 4.39 Å². The molecule has 1 aliphatic rings. The molecule has 0 saturated carbocycles. The van der Waals surface area contributed by atoms with Gasteiger partial charge in [0.15, 0.2) is 23.1 Å². The summed E-state index contributed by atoms with van der Waals surface area (Å²) in [6, 6.07) is 12.5. The maximum atomic E-state index is 15.4. The lowest BCUT2D eigenvalue weighted by Crippen LogP contribution is -2.15. The molecule has 3 heterocycles. The van der Waals surface area contributed by atoms with Crippen molar-refractivity contribution in [1.82, 2.24) is 9.38 Å². The zero-order valence-electron chi connectivity index (χ0n) is 18.1. The van der Waals surface area contributed by atoms with Crippen LogP contribution in [-0.4, -0.2) is 43.0 Å². The van der Waals surface area contributed by atoms with Crippen molar-refractivity contribution >= 4 is 17.2 Å². The minimum Gasteiger partial charge on any atom is -0.488 e. The Morgan fingerprint density at radius 3 is 2.68 bits per heavy atom. The van der Waals surface area contributed by atoms with Crippen molar-refractivity contribution in [3.8, 4) is 34.4 Å². The number of imidazole rings is 1. The van der Waals surface area contributed by atoms with Crippen molar-refractivity contribution in [3.63, 3.8) is 0 Å². The average molecular weight is 470 g/mol. The third-order valence-electron chi connectivity index (χ3n) is 5.25. The van der Waals surface area contributed by atoms with Crippen LogP contribution in [0.15, 0.2) is 48.5 Å². The molecule has 0 bridgehead atoms. The molecule has 1 N–H and O–H groups in total. The third kappa shape index (κ3) is 3.81. The normalized spacial score (nSPS) is 12.6. The Hall–Kier alpha value is -4.08. The van der Waals surface area contributed by atoms with Gasteiger partial charge in [0, 0.05) is 11.8 Å². The number of methoxy groups -OCH3 is 1. The van der Waals surface area contributed by atoms with Crippen LogP contribution < -0.4 is 24.3 Å². The molecule has 0 unspecified atom stereocenters. The van der Waals surface area contributed by atoms with Gasteiger partial charge in [-0.25, -0.2) is 22.6 Å². The first-order chi connectivity index (χ1) is 16.6. The van der Waals surface area contributed by atoms with Crippen molar-refractivity contribution in [2.45, 2.75) is 0 Å². The minimum atomic E-state index is -0.985. The molecule has 176 valence electrons. The van der Waals surface area contributed by atoms with Gasteiger partial charge in [-0.05, 0) is 36.4 Å². The number of halogens is 3. The average Bonchev–Trinajstić information content (AvgIpc) is 3.21. The van der Waals surface area contributed by atoms with Gasteiger partial charge in [-0.15, -0.1) is 0 Å². The molecule has 2 aromatic heterocycles. The van der Waals surface area contributed by atoms with Crippen LogP contribution in [0.25, 0.3) is 16.9 Å². The van der Waals surface area contributed by atoms with Gasteiger partial charge in [-0.3, -0.25) is 0 Å². The van der Waals surface area contributed by atoms with Gasteiger partial charge in [0.25, 0.3) is 0 Å².